The molecule has 0 bridgehead atoms. The fourth-order valence-corrected chi connectivity index (χ4v) is 3.42. The highest BCUT2D eigenvalue weighted by Crippen LogP contribution is 2.25. The molecule has 0 saturated carbocycles. The van der Waals surface area contributed by atoms with Gasteiger partial charge in [-0.25, -0.2) is 4.98 Å². The first-order valence-corrected chi connectivity index (χ1v) is 9.04. The van der Waals surface area contributed by atoms with Crippen molar-refractivity contribution >= 4 is 11.3 Å². The van der Waals surface area contributed by atoms with Gasteiger partial charge in [-0.3, -0.25) is 9.20 Å². The lowest BCUT2D eigenvalue weighted by molar-refractivity contribution is -0.127. The molecule has 1 N–H and O–H groups in total. The van der Waals surface area contributed by atoms with Crippen molar-refractivity contribution in [1.82, 2.24) is 14.7 Å². The molecular weight excluding hydrogens is 369 g/mol. The van der Waals surface area contributed by atoms with Crippen molar-refractivity contribution in [2.45, 2.75) is 12.6 Å². The fraction of sp³-hybridized carbons (Fsp3) is 0.300. The number of nitrogens with zero attached hydrogens (tertiary/aromatic N) is 3. The van der Waals surface area contributed by atoms with Crippen LogP contribution in [-0.4, -0.2) is 41.7 Å². The minimum absolute atomic E-state index is 0.140. The first-order chi connectivity index (χ1) is 13.4. The second kappa shape index (κ2) is 7.27. The van der Waals surface area contributed by atoms with Crippen molar-refractivity contribution in [3.8, 4) is 11.3 Å². The average Bonchev–Trinajstić information content (AvgIpc) is 2.67. The van der Waals surface area contributed by atoms with Crippen molar-refractivity contribution < 1.29 is 13.2 Å². The van der Waals surface area contributed by atoms with E-state index in [0.29, 0.717) is 16.9 Å². The third kappa shape index (κ3) is 4.01. The Morgan fingerprint density at radius 1 is 1.07 bits per heavy atom. The van der Waals surface area contributed by atoms with Crippen molar-refractivity contribution in [2.24, 2.45) is 0 Å². The van der Waals surface area contributed by atoms with E-state index in [1.54, 1.807) is 24.4 Å². The number of nitrogens with one attached hydrogen (secondary N) is 1. The van der Waals surface area contributed by atoms with Gasteiger partial charge >= 0.3 is 6.18 Å². The predicted molar refractivity (Wildman–Crippen MR) is 102 cm³/mol. The van der Waals surface area contributed by atoms with E-state index < -0.39 is 12.6 Å². The Morgan fingerprint density at radius 3 is 2.61 bits per heavy atom. The number of rotatable bonds is 3. The van der Waals surface area contributed by atoms with E-state index in [4.69, 9.17) is 0 Å². The number of alkyl halides is 3. The van der Waals surface area contributed by atoms with Gasteiger partial charge in [-0.05, 0) is 23.8 Å². The maximum atomic E-state index is 12.7. The lowest BCUT2D eigenvalue weighted by Gasteiger charge is -2.29. The molecule has 2 aromatic heterocycles. The zero-order valence-electron chi connectivity index (χ0n) is 15.0. The summed E-state index contributed by atoms with van der Waals surface area (Å²) in [5.74, 6) is 0. The van der Waals surface area contributed by atoms with Crippen molar-refractivity contribution in [1.29, 1.82) is 0 Å². The summed E-state index contributed by atoms with van der Waals surface area (Å²) in [7, 11) is 0. The number of hydrogen-bond acceptors (Lipinski definition) is 4. The summed E-state index contributed by atoms with van der Waals surface area (Å²) in [6, 6.07) is 11.1. The number of halogens is 3. The van der Waals surface area contributed by atoms with Gasteiger partial charge in [0, 0.05) is 44.0 Å². The van der Waals surface area contributed by atoms with E-state index >= 15 is 0 Å². The van der Waals surface area contributed by atoms with Crippen LogP contribution in [0.3, 0.4) is 0 Å². The van der Waals surface area contributed by atoms with Crippen LogP contribution in [0.1, 0.15) is 5.56 Å². The zero-order valence-corrected chi connectivity index (χ0v) is 15.0. The first-order valence-electron chi connectivity index (χ1n) is 9.04. The average molecular weight is 388 g/mol. The van der Waals surface area contributed by atoms with Crippen molar-refractivity contribution in [2.75, 3.05) is 31.1 Å². The molecule has 0 unspecified atom stereocenters. The standard InChI is InChI=1S/C20H19F3N4O/c21-20(22,23)12-14-2-1-3-15(10-14)17-11-19(28)27-13-16(4-5-18(27)25-17)26-8-6-24-7-9-26/h1-5,10-11,13,24H,6-9,12H2. The summed E-state index contributed by atoms with van der Waals surface area (Å²) >= 11 is 0. The largest absolute Gasteiger partial charge is 0.393 e. The van der Waals surface area contributed by atoms with E-state index in [1.807, 2.05) is 6.07 Å². The van der Waals surface area contributed by atoms with Gasteiger partial charge in [0.25, 0.3) is 5.56 Å². The second-order valence-electron chi connectivity index (χ2n) is 6.82. The Hall–Kier alpha value is -2.87. The molecule has 0 aliphatic carbocycles. The lowest BCUT2D eigenvalue weighted by atomic mass is 10.1. The highest BCUT2D eigenvalue weighted by Gasteiger charge is 2.27. The normalized spacial score (nSPS) is 15.2. The number of piperazine rings is 1. The van der Waals surface area contributed by atoms with Crippen LogP contribution in [-0.2, 0) is 6.42 Å². The molecular formula is C20H19F3N4O. The molecule has 28 heavy (non-hydrogen) atoms. The molecule has 0 amide bonds. The Kier molecular flexibility index (Phi) is 4.80. The zero-order chi connectivity index (χ0) is 19.7. The molecule has 4 rings (SSSR count). The molecule has 5 nitrogen and oxygen atoms in total. The van der Waals surface area contributed by atoms with Crippen LogP contribution >= 0.6 is 0 Å². The maximum absolute atomic E-state index is 12.7. The first kappa shape index (κ1) is 18.5. The van der Waals surface area contributed by atoms with E-state index in [9.17, 15) is 18.0 Å². The van der Waals surface area contributed by atoms with E-state index in [1.165, 1.54) is 22.6 Å². The molecule has 0 atom stereocenters. The quantitative estimate of drug-likeness (QED) is 0.750. The molecule has 0 spiro atoms. The Balaban J connectivity index is 1.70. The molecule has 3 heterocycles. The number of benzene rings is 1. The number of hydrogen-bond donors (Lipinski definition) is 1. The van der Waals surface area contributed by atoms with E-state index in [2.05, 4.69) is 15.2 Å². The van der Waals surface area contributed by atoms with Crippen LogP contribution in [0.4, 0.5) is 18.9 Å². The van der Waals surface area contributed by atoms with Crippen LogP contribution in [0.25, 0.3) is 16.9 Å². The van der Waals surface area contributed by atoms with Gasteiger partial charge in [0.2, 0.25) is 0 Å². The van der Waals surface area contributed by atoms with Crippen LogP contribution in [0.2, 0.25) is 0 Å². The van der Waals surface area contributed by atoms with Gasteiger partial charge < -0.3 is 10.2 Å². The predicted octanol–water partition coefficient (Wildman–Crippen LogP) is 2.88. The van der Waals surface area contributed by atoms with Gasteiger partial charge in [-0.2, -0.15) is 13.2 Å². The fourth-order valence-electron chi connectivity index (χ4n) is 3.42. The summed E-state index contributed by atoms with van der Waals surface area (Å²) in [6.45, 7) is 3.49. The van der Waals surface area contributed by atoms with Crippen molar-refractivity contribution in [3.63, 3.8) is 0 Å². The highest BCUT2D eigenvalue weighted by atomic mass is 19.4. The smallest absolute Gasteiger partial charge is 0.368 e. The van der Waals surface area contributed by atoms with Gasteiger partial charge in [-0.1, -0.05) is 18.2 Å². The minimum Gasteiger partial charge on any atom is -0.368 e. The minimum atomic E-state index is -4.28. The number of anilines is 1. The molecule has 1 saturated heterocycles. The molecule has 1 aliphatic heterocycles. The topological polar surface area (TPSA) is 49.6 Å². The third-order valence-corrected chi connectivity index (χ3v) is 4.75. The van der Waals surface area contributed by atoms with Gasteiger partial charge in [0.05, 0.1) is 17.8 Å². The molecule has 1 aliphatic rings. The highest BCUT2D eigenvalue weighted by molar-refractivity contribution is 5.63. The summed E-state index contributed by atoms with van der Waals surface area (Å²) in [6.07, 6.45) is -3.53. The molecule has 0 radical (unpaired) electrons. The number of aromatic nitrogens is 2. The maximum Gasteiger partial charge on any atom is 0.393 e. The van der Waals surface area contributed by atoms with Crippen LogP contribution < -0.4 is 15.8 Å². The van der Waals surface area contributed by atoms with Crippen LogP contribution in [0.15, 0.2) is 53.5 Å². The summed E-state index contributed by atoms with van der Waals surface area (Å²) in [5.41, 5.74) is 2.14. The van der Waals surface area contributed by atoms with E-state index in [0.717, 1.165) is 31.9 Å². The molecule has 1 fully saturated rings. The monoisotopic (exact) mass is 388 g/mol. The summed E-state index contributed by atoms with van der Waals surface area (Å²) < 4.78 is 39.5. The molecule has 8 heteroatoms. The molecule has 3 aromatic rings. The lowest BCUT2D eigenvalue weighted by Crippen LogP contribution is -2.43. The summed E-state index contributed by atoms with van der Waals surface area (Å²) in [4.78, 5) is 19.3. The summed E-state index contributed by atoms with van der Waals surface area (Å²) in [5, 5.41) is 3.28. The van der Waals surface area contributed by atoms with Gasteiger partial charge in [0.1, 0.15) is 5.65 Å². The number of fused-ring (bicyclic) bond motifs is 1. The van der Waals surface area contributed by atoms with Gasteiger partial charge in [-0.15, -0.1) is 0 Å². The van der Waals surface area contributed by atoms with Crippen LogP contribution in [0.5, 0.6) is 0 Å². The second-order valence-corrected chi connectivity index (χ2v) is 6.82. The van der Waals surface area contributed by atoms with Gasteiger partial charge in [0.15, 0.2) is 0 Å². The molecule has 146 valence electrons. The van der Waals surface area contributed by atoms with E-state index in [-0.39, 0.29) is 11.1 Å². The Morgan fingerprint density at radius 2 is 1.86 bits per heavy atom. The Bertz CT molecular complexity index is 1060. The van der Waals surface area contributed by atoms with Crippen LogP contribution in [0, 0.1) is 0 Å². The Labute approximate surface area is 159 Å². The SMILES string of the molecule is O=c1cc(-c2cccc(CC(F)(F)F)c2)nc2ccc(N3CCNCC3)cn12. The number of pyridine rings is 1. The molecule has 1 aromatic carbocycles. The van der Waals surface area contributed by atoms with Crippen molar-refractivity contribution in [3.05, 3.63) is 64.6 Å². The third-order valence-electron chi connectivity index (χ3n) is 4.75.